The van der Waals surface area contributed by atoms with Crippen LogP contribution in [0.1, 0.15) is 16.8 Å². The quantitative estimate of drug-likeness (QED) is 0.668. The first-order valence-corrected chi connectivity index (χ1v) is 6.36. The molecule has 1 N–H and O–H groups in total. The van der Waals surface area contributed by atoms with Crippen LogP contribution in [-0.4, -0.2) is 33.6 Å². The van der Waals surface area contributed by atoms with Crippen LogP contribution in [-0.2, 0) is 4.74 Å². The maximum absolute atomic E-state index is 10.2. The van der Waals surface area contributed by atoms with Gasteiger partial charge >= 0.3 is 0 Å². The molecule has 3 nitrogen and oxygen atoms in total. The van der Waals surface area contributed by atoms with Gasteiger partial charge in [0, 0.05) is 23.8 Å². The van der Waals surface area contributed by atoms with Crippen molar-refractivity contribution < 1.29 is 9.53 Å². The molecule has 1 aromatic rings. The molecule has 1 aromatic carbocycles. The Labute approximate surface area is 116 Å². The predicted molar refractivity (Wildman–Crippen MR) is 75.0 cm³/mol. The number of hydrogen-bond acceptors (Lipinski definition) is 3. The van der Waals surface area contributed by atoms with Gasteiger partial charge < -0.3 is 10.1 Å². The average molecular weight is 323 g/mol. The zero-order valence-electron chi connectivity index (χ0n) is 10.0. The number of aldehydes is 1. The van der Waals surface area contributed by atoms with Crippen LogP contribution in [0, 0.1) is 0 Å². The lowest BCUT2D eigenvalue weighted by molar-refractivity contribution is 0.112. The van der Waals surface area contributed by atoms with Gasteiger partial charge in [-0.3, -0.25) is 4.79 Å². The summed E-state index contributed by atoms with van der Waals surface area (Å²) in [4.78, 5) is 10.2. The molecule has 0 unspecified atom stereocenters. The summed E-state index contributed by atoms with van der Waals surface area (Å²) in [7, 11) is 3.66. The van der Waals surface area contributed by atoms with E-state index in [2.05, 4.69) is 21.2 Å². The SMILES string of the molecule is CNCCCOC.O=Cc1ccc(Br)cc1Cl. The summed E-state index contributed by atoms with van der Waals surface area (Å²) in [6, 6.07) is 5.13. The van der Waals surface area contributed by atoms with Gasteiger partial charge in [-0.1, -0.05) is 27.5 Å². The summed E-state index contributed by atoms with van der Waals surface area (Å²) >= 11 is 8.89. The third-order valence-electron chi connectivity index (χ3n) is 1.86. The molecule has 0 amide bonds. The van der Waals surface area contributed by atoms with Crippen LogP contribution in [0.4, 0.5) is 0 Å². The third-order valence-corrected chi connectivity index (χ3v) is 2.69. The Kier molecular flexibility index (Phi) is 10.5. The average Bonchev–Trinajstić information content (AvgIpc) is 2.31. The van der Waals surface area contributed by atoms with Crippen LogP contribution < -0.4 is 5.32 Å². The Morgan fingerprint density at radius 3 is 2.71 bits per heavy atom. The van der Waals surface area contributed by atoms with Gasteiger partial charge in [0.1, 0.15) is 0 Å². The lowest BCUT2D eigenvalue weighted by Crippen LogP contribution is -2.09. The highest BCUT2D eigenvalue weighted by atomic mass is 79.9. The lowest BCUT2D eigenvalue weighted by atomic mass is 10.2. The van der Waals surface area contributed by atoms with E-state index < -0.39 is 0 Å². The number of halogens is 2. The van der Waals surface area contributed by atoms with Crippen molar-refractivity contribution in [1.29, 1.82) is 0 Å². The van der Waals surface area contributed by atoms with Crippen LogP contribution in [0.3, 0.4) is 0 Å². The molecule has 0 aliphatic rings. The Bertz CT molecular complexity index is 330. The van der Waals surface area contributed by atoms with E-state index in [4.69, 9.17) is 16.3 Å². The molecule has 0 bridgehead atoms. The van der Waals surface area contributed by atoms with E-state index in [9.17, 15) is 4.79 Å². The fraction of sp³-hybridized carbons (Fsp3) is 0.417. The molecule has 0 heterocycles. The Morgan fingerprint density at radius 1 is 1.53 bits per heavy atom. The van der Waals surface area contributed by atoms with Crippen LogP contribution in [0.15, 0.2) is 22.7 Å². The van der Waals surface area contributed by atoms with Gasteiger partial charge in [0.15, 0.2) is 6.29 Å². The smallest absolute Gasteiger partial charge is 0.151 e. The monoisotopic (exact) mass is 321 g/mol. The van der Waals surface area contributed by atoms with Crippen molar-refractivity contribution in [2.75, 3.05) is 27.3 Å². The molecule has 0 fully saturated rings. The predicted octanol–water partition coefficient (Wildman–Crippen LogP) is 3.16. The second-order valence-electron chi connectivity index (χ2n) is 3.23. The van der Waals surface area contributed by atoms with Gasteiger partial charge in [-0.05, 0) is 38.2 Å². The minimum atomic E-state index is 0.476. The normalized spacial score (nSPS) is 9.41. The van der Waals surface area contributed by atoms with Crippen LogP contribution >= 0.6 is 27.5 Å². The number of carbonyl (C=O) groups is 1. The summed E-state index contributed by atoms with van der Waals surface area (Å²) in [5.74, 6) is 0. The summed E-state index contributed by atoms with van der Waals surface area (Å²) in [6.07, 6.45) is 1.84. The third kappa shape index (κ3) is 8.32. The van der Waals surface area contributed by atoms with Crippen molar-refractivity contribution in [2.24, 2.45) is 0 Å². The van der Waals surface area contributed by atoms with Gasteiger partial charge in [0.25, 0.3) is 0 Å². The standard InChI is InChI=1S/C7H4BrClO.C5H13NO/c8-6-2-1-5(4-10)7(9)3-6;1-6-4-3-5-7-2/h1-4H;6H,3-5H2,1-2H3. The van der Waals surface area contributed by atoms with Crippen molar-refractivity contribution in [2.45, 2.75) is 6.42 Å². The van der Waals surface area contributed by atoms with Crippen molar-refractivity contribution in [3.8, 4) is 0 Å². The molecule has 0 saturated carbocycles. The topological polar surface area (TPSA) is 38.3 Å². The van der Waals surface area contributed by atoms with Gasteiger partial charge in [-0.15, -0.1) is 0 Å². The summed E-state index contributed by atoms with van der Waals surface area (Å²) in [6.45, 7) is 1.91. The molecule has 0 aromatic heterocycles. The molecule has 0 atom stereocenters. The van der Waals surface area contributed by atoms with Crippen LogP contribution in [0.2, 0.25) is 5.02 Å². The highest BCUT2D eigenvalue weighted by Crippen LogP contribution is 2.19. The van der Waals surface area contributed by atoms with Crippen LogP contribution in [0.25, 0.3) is 0 Å². The second-order valence-corrected chi connectivity index (χ2v) is 4.56. The number of benzene rings is 1. The van der Waals surface area contributed by atoms with E-state index in [0.717, 1.165) is 30.3 Å². The fourth-order valence-corrected chi connectivity index (χ4v) is 1.71. The zero-order valence-corrected chi connectivity index (χ0v) is 12.3. The van der Waals surface area contributed by atoms with Gasteiger partial charge in [0.2, 0.25) is 0 Å². The number of nitrogens with one attached hydrogen (secondary N) is 1. The fourth-order valence-electron chi connectivity index (χ4n) is 0.990. The molecule has 17 heavy (non-hydrogen) atoms. The maximum Gasteiger partial charge on any atom is 0.151 e. The molecular weight excluding hydrogens is 305 g/mol. The van der Waals surface area contributed by atoms with E-state index in [1.807, 2.05) is 7.05 Å². The first kappa shape index (κ1) is 16.6. The van der Waals surface area contributed by atoms with Crippen molar-refractivity contribution in [3.05, 3.63) is 33.3 Å². The number of carbonyl (C=O) groups excluding carboxylic acids is 1. The van der Waals surface area contributed by atoms with Gasteiger partial charge in [-0.25, -0.2) is 0 Å². The lowest BCUT2D eigenvalue weighted by Gasteiger charge is -1.94. The molecular formula is C12H17BrClNO2. The van der Waals surface area contributed by atoms with Crippen molar-refractivity contribution in [1.82, 2.24) is 5.32 Å². The van der Waals surface area contributed by atoms with Gasteiger partial charge in [0.05, 0.1) is 5.02 Å². The Morgan fingerprint density at radius 2 is 2.24 bits per heavy atom. The van der Waals surface area contributed by atoms with Crippen molar-refractivity contribution >= 4 is 33.8 Å². The number of ether oxygens (including phenoxy) is 1. The highest BCUT2D eigenvalue weighted by molar-refractivity contribution is 9.10. The molecule has 0 aliphatic carbocycles. The maximum atomic E-state index is 10.2. The van der Waals surface area contributed by atoms with E-state index in [-0.39, 0.29) is 0 Å². The first-order chi connectivity index (χ1) is 8.15. The number of hydrogen-bond donors (Lipinski definition) is 1. The largest absolute Gasteiger partial charge is 0.385 e. The van der Waals surface area contributed by atoms with E-state index in [1.165, 1.54) is 0 Å². The van der Waals surface area contributed by atoms with Crippen molar-refractivity contribution in [3.63, 3.8) is 0 Å². The first-order valence-electron chi connectivity index (χ1n) is 5.19. The number of rotatable bonds is 5. The minimum absolute atomic E-state index is 0.476. The molecule has 0 spiro atoms. The molecule has 5 heteroatoms. The summed E-state index contributed by atoms with van der Waals surface area (Å²) in [5.41, 5.74) is 0.518. The van der Waals surface area contributed by atoms with Crippen LogP contribution in [0.5, 0.6) is 0 Å². The second kappa shape index (κ2) is 10.7. The summed E-state index contributed by atoms with van der Waals surface area (Å²) in [5, 5.41) is 3.50. The molecule has 96 valence electrons. The number of methoxy groups -OCH3 is 1. The highest BCUT2D eigenvalue weighted by Gasteiger charge is 1.97. The molecule has 0 saturated heterocycles. The molecule has 0 aliphatic heterocycles. The van der Waals surface area contributed by atoms with Gasteiger partial charge in [-0.2, -0.15) is 0 Å². The Balaban J connectivity index is 0.000000325. The summed E-state index contributed by atoms with van der Waals surface area (Å²) < 4.78 is 5.68. The minimum Gasteiger partial charge on any atom is -0.385 e. The van der Waals surface area contributed by atoms with E-state index >= 15 is 0 Å². The zero-order chi connectivity index (χ0) is 13.1. The molecule has 1 rings (SSSR count). The van der Waals surface area contributed by atoms with E-state index in [1.54, 1.807) is 25.3 Å². The molecule has 0 radical (unpaired) electrons. The van der Waals surface area contributed by atoms with E-state index in [0.29, 0.717) is 10.6 Å². The Hall–Kier alpha value is -0.420.